The average molecular weight is 422 g/mol. The summed E-state index contributed by atoms with van der Waals surface area (Å²) in [4.78, 5) is 43.4. The summed E-state index contributed by atoms with van der Waals surface area (Å²) in [6.07, 6.45) is -3.27. The molecule has 1 aliphatic rings. The van der Waals surface area contributed by atoms with E-state index in [0.29, 0.717) is 10.9 Å². The van der Waals surface area contributed by atoms with Crippen LogP contribution in [0.5, 0.6) is 0 Å². The minimum absolute atomic E-state index is 0.182. The monoisotopic (exact) mass is 422 g/mol. The van der Waals surface area contributed by atoms with Crippen molar-refractivity contribution < 1.29 is 43.0 Å². The van der Waals surface area contributed by atoms with Crippen LogP contribution in [0.3, 0.4) is 0 Å². The van der Waals surface area contributed by atoms with Gasteiger partial charge in [0, 0.05) is 6.20 Å². The van der Waals surface area contributed by atoms with Crippen LogP contribution in [0.1, 0.15) is 10.4 Å². The Morgan fingerprint density at radius 3 is 2.48 bits per heavy atom. The molecule has 4 atom stereocenters. The Morgan fingerprint density at radius 1 is 1.44 bits per heavy atom. The number of alkyl halides is 1. The van der Waals surface area contributed by atoms with Gasteiger partial charge in [0.15, 0.2) is 14.1 Å². The van der Waals surface area contributed by atoms with Gasteiger partial charge in [-0.3, -0.25) is 18.9 Å². The van der Waals surface area contributed by atoms with Crippen LogP contribution >= 0.6 is 20.0 Å². The zero-order chi connectivity index (χ0) is 21.0. The smallest absolute Gasteiger partial charge is 0.386 e. The molecule has 1 aromatic rings. The Bertz CT molecular complexity index is 937. The maximum atomic E-state index is 15.5. The lowest BCUT2D eigenvalue weighted by Crippen LogP contribution is -2.60. The maximum Gasteiger partial charge on any atom is 0.468 e. The predicted molar refractivity (Wildman–Crippen MR) is 97.7 cm³/mol. The van der Waals surface area contributed by atoms with Crippen LogP contribution in [0.4, 0.5) is 4.39 Å². The quantitative estimate of drug-likeness (QED) is 0.135. The maximum absolute atomic E-state index is 15.5. The number of H-pyrrole nitrogens is 1. The lowest BCUT2D eigenvalue weighted by atomic mass is 9.59. The first kappa shape index (κ1) is 22.2. The van der Waals surface area contributed by atoms with Gasteiger partial charge in [-0.1, -0.05) is 12.2 Å². The molecule has 17 heteroatoms. The van der Waals surface area contributed by atoms with Crippen LogP contribution < -0.4 is 5.69 Å². The molecule has 2 rings (SSSR count). The number of nitrogens with one attached hydrogen (secondary N) is 1. The number of ether oxygens (including phenoxy) is 1. The Balaban J connectivity index is 2.62. The lowest BCUT2D eigenvalue weighted by molar-refractivity contribution is -0.240. The van der Waals surface area contributed by atoms with Gasteiger partial charge in [0.25, 0.3) is 5.85 Å². The van der Waals surface area contributed by atoms with Gasteiger partial charge >= 0.3 is 13.5 Å². The molecule has 0 aromatic carbocycles. The second-order valence-electron chi connectivity index (χ2n) is 6.62. The fraction of sp³-hybridized carbons (Fsp3) is 0.500. The Kier molecular flexibility index (Phi) is 5.54. The number of carbonyl (C=O) groups excluding carboxylic acids is 1. The van der Waals surface area contributed by atoms with Crippen molar-refractivity contribution in [3.05, 3.63) is 26.9 Å². The van der Waals surface area contributed by atoms with E-state index < -0.39 is 42.6 Å². The fourth-order valence-corrected chi connectivity index (χ4v) is 3.75. The normalized spacial score (nSPS) is 31.7. The van der Waals surface area contributed by atoms with Gasteiger partial charge in [0.05, 0.1) is 11.0 Å². The number of rotatable bonds is 5. The van der Waals surface area contributed by atoms with Crippen molar-refractivity contribution in [1.29, 1.82) is 0 Å². The summed E-state index contributed by atoms with van der Waals surface area (Å²) in [6, 6.07) is 0. The van der Waals surface area contributed by atoms with Crippen molar-refractivity contribution in [2.24, 2.45) is 0 Å². The van der Waals surface area contributed by atoms with E-state index in [1.807, 2.05) is 0 Å². The van der Waals surface area contributed by atoms with Gasteiger partial charge in [0.1, 0.15) is 38.2 Å². The summed E-state index contributed by atoms with van der Waals surface area (Å²) in [6.45, 7) is 0. The van der Waals surface area contributed by atoms with Gasteiger partial charge in [-0.25, -0.2) is 13.8 Å². The largest absolute Gasteiger partial charge is 0.468 e. The zero-order valence-electron chi connectivity index (χ0n) is 14.3. The molecule has 0 unspecified atom stereocenters. The molecule has 0 spiro atoms. The standard InChI is InChI=1S/C10H15B3FN2O9PS/c11-9(16-1-3(2-17)6(27)15-7(16)20)5(19)4(18)8(14,24-9)10(12,13)25-26(21,22)23/h1-2,4-5,18-19H,11-13H2,(H,15,20,27)(H2,21,22,23)/t4-,5+,8-,9-/m0/s1. The number of halogens is 1. The molecular weight excluding hydrogens is 407 g/mol. The topological polar surface area (TPSA) is 171 Å². The molecule has 0 aliphatic carbocycles. The SMILES string of the molecule is BC(B)(OP(=O)(O)O)[C@@]1(F)O[C@@](B)(n2cc(C=O)c(=S)[nH]c2=O)[C@H](O)[C@@H]1O. The number of aliphatic hydroxyl groups is 2. The third-order valence-corrected chi connectivity index (χ3v) is 5.36. The number of aromatic amines is 1. The Hall–Kier alpha value is -1.12. The van der Waals surface area contributed by atoms with Gasteiger partial charge in [0.2, 0.25) is 0 Å². The molecule has 0 saturated carbocycles. The summed E-state index contributed by atoms with van der Waals surface area (Å²) in [7, 11) is -2.43. The Morgan fingerprint density at radius 2 is 2.00 bits per heavy atom. The first-order chi connectivity index (χ1) is 12.1. The number of nitrogens with zero attached hydrogens (tertiary/aromatic N) is 1. The zero-order valence-corrected chi connectivity index (χ0v) is 16.0. The van der Waals surface area contributed by atoms with Gasteiger partial charge in [-0.2, -0.15) is 0 Å². The molecular formula is C10H15B3FN2O9PS. The molecule has 0 radical (unpaired) electrons. The summed E-state index contributed by atoms with van der Waals surface area (Å²) in [5.41, 5.74) is -3.45. The average Bonchev–Trinajstić information content (AvgIpc) is 2.68. The van der Waals surface area contributed by atoms with Crippen LogP contribution in [0.2, 0.25) is 0 Å². The van der Waals surface area contributed by atoms with Crippen LogP contribution in [-0.2, 0) is 19.4 Å². The van der Waals surface area contributed by atoms with Crippen molar-refractivity contribution in [2.75, 3.05) is 0 Å². The third kappa shape index (κ3) is 3.63. The van der Waals surface area contributed by atoms with Gasteiger partial charge in [-0.05, 0) is 0 Å². The van der Waals surface area contributed by atoms with Crippen LogP contribution in [0.25, 0.3) is 0 Å². The number of carbonyl (C=O) groups is 1. The molecule has 1 aromatic heterocycles. The predicted octanol–water partition coefficient (Wildman–Crippen LogP) is -4.59. The highest BCUT2D eigenvalue weighted by Gasteiger charge is 2.68. The number of aliphatic hydroxyl groups excluding tert-OH is 2. The summed E-state index contributed by atoms with van der Waals surface area (Å²) >= 11 is 4.79. The van der Waals surface area contributed by atoms with Gasteiger partial charge in [-0.15, -0.1) is 0 Å². The van der Waals surface area contributed by atoms with E-state index >= 15 is 4.39 Å². The van der Waals surface area contributed by atoms with Crippen LogP contribution in [-0.4, -0.2) is 82.8 Å². The first-order valence-electron chi connectivity index (χ1n) is 7.42. The summed E-state index contributed by atoms with van der Waals surface area (Å²) < 4.78 is 36.6. The number of phosphoric acid groups is 1. The van der Waals surface area contributed by atoms with Crippen molar-refractivity contribution in [3.63, 3.8) is 0 Å². The molecule has 2 heterocycles. The highest BCUT2D eigenvalue weighted by atomic mass is 32.1. The van der Waals surface area contributed by atoms with E-state index in [1.54, 1.807) is 0 Å². The molecule has 1 fully saturated rings. The number of aldehydes is 1. The van der Waals surface area contributed by atoms with E-state index in [2.05, 4.69) is 9.51 Å². The van der Waals surface area contributed by atoms with E-state index in [1.165, 1.54) is 0 Å². The number of hydrogen-bond acceptors (Lipinski definition) is 8. The minimum atomic E-state index is -5.22. The number of hydrogen-bond donors (Lipinski definition) is 5. The fourth-order valence-electron chi connectivity index (χ4n) is 2.85. The molecule has 146 valence electrons. The highest BCUT2D eigenvalue weighted by molar-refractivity contribution is 7.71. The van der Waals surface area contributed by atoms with E-state index in [9.17, 15) is 24.4 Å². The Labute approximate surface area is 159 Å². The molecule has 0 amide bonds. The molecule has 1 saturated heterocycles. The molecule has 1 aliphatic heterocycles. The number of aromatic nitrogens is 2. The van der Waals surface area contributed by atoms with Gasteiger partial charge < -0.3 is 24.7 Å². The van der Waals surface area contributed by atoms with E-state index in [0.717, 1.165) is 29.7 Å². The van der Waals surface area contributed by atoms with Crippen molar-refractivity contribution in [2.45, 2.75) is 29.1 Å². The third-order valence-electron chi connectivity index (χ3n) is 4.33. The molecule has 5 N–H and O–H groups in total. The molecule has 0 bridgehead atoms. The van der Waals surface area contributed by atoms with Crippen molar-refractivity contribution >= 4 is 49.9 Å². The van der Waals surface area contributed by atoms with E-state index in [4.69, 9.17) is 26.7 Å². The first-order valence-corrected chi connectivity index (χ1v) is 9.36. The molecule has 27 heavy (non-hydrogen) atoms. The minimum Gasteiger partial charge on any atom is -0.386 e. The van der Waals surface area contributed by atoms with Crippen LogP contribution in [0, 0.1) is 4.64 Å². The van der Waals surface area contributed by atoms with E-state index in [-0.39, 0.29) is 10.2 Å². The summed E-state index contributed by atoms with van der Waals surface area (Å²) in [5.74, 6) is -3.35. The highest BCUT2D eigenvalue weighted by Crippen LogP contribution is 2.50. The van der Waals surface area contributed by atoms with Crippen LogP contribution in [0.15, 0.2) is 11.0 Å². The second kappa shape index (κ2) is 6.74. The molecule has 11 nitrogen and oxygen atoms in total. The number of phosphoric ester groups is 1. The second-order valence-corrected chi connectivity index (χ2v) is 8.19. The lowest BCUT2D eigenvalue weighted by Gasteiger charge is -2.39. The van der Waals surface area contributed by atoms with Crippen molar-refractivity contribution in [3.8, 4) is 0 Å². The van der Waals surface area contributed by atoms with Crippen molar-refractivity contribution in [1.82, 2.24) is 9.55 Å². The summed E-state index contributed by atoms with van der Waals surface area (Å²) in [5, 5.41) is 18.1.